The summed E-state index contributed by atoms with van der Waals surface area (Å²) < 4.78 is 16.0. The molecular weight excluding hydrogens is 409 g/mol. The summed E-state index contributed by atoms with van der Waals surface area (Å²) in [6.45, 7) is 1.71. The summed E-state index contributed by atoms with van der Waals surface area (Å²) in [4.78, 5) is 32.3. The molecule has 7 nitrogen and oxygen atoms in total. The molecule has 1 aliphatic carbocycles. The van der Waals surface area contributed by atoms with Crippen LogP contribution >= 0.6 is 0 Å². The molecule has 1 amide bonds. The molecule has 3 heterocycles. The van der Waals surface area contributed by atoms with Gasteiger partial charge in [-0.15, -0.1) is 0 Å². The second-order valence-corrected chi connectivity index (χ2v) is 8.34. The number of hydrogen-bond donors (Lipinski definition) is 3. The first kappa shape index (κ1) is 20.4. The normalized spacial score (nSPS) is 14.0. The van der Waals surface area contributed by atoms with Gasteiger partial charge in [0, 0.05) is 47.5 Å². The third-order valence-electron chi connectivity index (χ3n) is 6.06. The number of aromatic amines is 1. The van der Waals surface area contributed by atoms with Gasteiger partial charge in [0.15, 0.2) is 0 Å². The third-order valence-corrected chi connectivity index (χ3v) is 6.06. The van der Waals surface area contributed by atoms with Crippen molar-refractivity contribution in [2.24, 2.45) is 5.92 Å². The average Bonchev–Trinajstić information content (AvgIpc) is 3.14. The number of nitrogens with one attached hydrogen (secondary N) is 3. The van der Waals surface area contributed by atoms with Crippen molar-refractivity contribution in [1.82, 2.24) is 25.0 Å². The molecule has 3 N–H and O–H groups in total. The molecule has 1 saturated carbocycles. The molecule has 0 unspecified atom stereocenters. The van der Waals surface area contributed by atoms with Crippen molar-refractivity contribution < 1.29 is 9.18 Å². The van der Waals surface area contributed by atoms with E-state index in [0.29, 0.717) is 17.8 Å². The number of H-pyrrole nitrogens is 1. The molecule has 1 fully saturated rings. The zero-order valence-electron chi connectivity index (χ0n) is 17.5. The first-order chi connectivity index (χ1) is 15.6. The molecule has 8 heteroatoms. The van der Waals surface area contributed by atoms with E-state index >= 15 is 0 Å². The van der Waals surface area contributed by atoms with Gasteiger partial charge in [0.05, 0.1) is 0 Å². The zero-order valence-corrected chi connectivity index (χ0v) is 17.5. The summed E-state index contributed by atoms with van der Waals surface area (Å²) in [5, 5.41) is 6.91. The van der Waals surface area contributed by atoms with E-state index in [2.05, 4.69) is 20.6 Å². The minimum atomic E-state index is -0.527. The SMILES string of the molecule is O=C(NCc1cc2[nH]c(CNCC3CCC3)cc2cc1F)c1cc(=O)n2ccccc2n1. The number of carbonyl (C=O) groups is 1. The summed E-state index contributed by atoms with van der Waals surface area (Å²) >= 11 is 0. The van der Waals surface area contributed by atoms with Gasteiger partial charge in [0.25, 0.3) is 11.5 Å². The molecule has 1 aliphatic rings. The van der Waals surface area contributed by atoms with Crippen molar-refractivity contribution in [2.75, 3.05) is 6.54 Å². The number of aromatic nitrogens is 3. The van der Waals surface area contributed by atoms with Gasteiger partial charge in [0.1, 0.15) is 17.2 Å². The maximum absolute atomic E-state index is 14.6. The smallest absolute Gasteiger partial charge is 0.270 e. The fourth-order valence-corrected chi connectivity index (χ4v) is 4.03. The molecule has 0 saturated heterocycles. The van der Waals surface area contributed by atoms with Crippen LogP contribution in [0.25, 0.3) is 16.6 Å². The summed E-state index contributed by atoms with van der Waals surface area (Å²) in [5.74, 6) is -0.141. The highest BCUT2D eigenvalue weighted by Gasteiger charge is 2.17. The lowest BCUT2D eigenvalue weighted by molar-refractivity contribution is 0.0945. The molecule has 4 aromatic rings. The maximum atomic E-state index is 14.6. The van der Waals surface area contributed by atoms with E-state index in [1.165, 1.54) is 35.8 Å². The number of halogens is 1. The van der Waals surface area contributed by atoms with Gasteiger partial charge in [-0.2, -0.15) is 0 Å². The molecule has 1 aromatic carbocycles. The van der Waals surface area contributed by atoms with Crippen LogP contribution in [0.1, 0.15) is 41.0 Å². The molecule has 0 radical (unpaired) electrons. The monoisotopic (exact) mass is 433 g/mol. The standard InChI is InChI=1S/C24H24FN5O2/c25-19-9-16-8-18(14-26-12-15-4-3-5-15)28-20(16)10-17(19)13-27-24(32)21-11-23(31)30-7-2-1-6-22(30)29-21/h1-2,6-11,15,26,28H,3-5,12-14H2,(H,27,32). The fourth-order valence-electron chi connectivity index (χ4n) is 4.03. The van der Waals surface area contributed by atoms with Crippen molar-refractivity contribution in [3.05, 3.63) is 81.8 Å². The number of hydrogen-bond acceptors (Lipinski definition) is 4. The molecule has 0 spiro atoms. The van der Waals surface area contributed by atoms with E-state index in [0.717, 1.165) is 29.1 Å². The van der Waals surface area contributed by atoms with E-state index in [4.69, 9.17) is 0 Å². The Balaban J connectivity index is 1.27. The van der Waals surface area contributed by atoms with Crippen molar-refractivity contribution in [3.63, 3.8) is 0 Å². The summed E-state index contributed by atoms with van der Waals surface area (Å²) in [5.41, 5.74) is 2.21. The highest BCUT2D eigenvalue weighted by atomic mass is 19.1. The van der Waals surface area contributed by atoms with E-state index < -0.39 is 11.7 Å². The van der Waals surface area contributed by atoms with Gasteiger partial charge in [-0.3, -0.25) is 14.0 Å². The average molecular weight is 433 g/mol. The largest absolute Gasteiger partial charge is 0.357 e. The Bertz CT molecular complexity index is 1360. The van der Waals surface area contributed by atoms with Gasteiger partial charge in [-0.05, 0) is 55.6 Å². The Kier molecular flexibility index (Phi) is 5.45. The molecule has 5 rings (SSSR count). The van der Waals surface area contributed by atoms with Crippen LogP contribution in [0.3, 0.4) is 0 Å². The molecule has 0 atom stereocenters. The van der Waals surface area contributed by atoms with Crippen molar-refractivity contribution in [1.29, 1.82) is 0 Å². The van der Waals surface area contributed by atoms with E-state index in [-0.39, 0.29) is 17.8 Å². The predicted molar refractivity (Wildman–Crippen MR) is 120 cm³/mol. The van der Waals surface area contributed by atoms with Crippen LogP contribution in [0.5, 0.6) is 0 Å². The van der Waals surface area contributed by atoms with Crippen LogP contribution in [0.15, 0.2) is 53.5 Å². The second-order valence-electron chi connectivity index (χ2n) is 8.34. The molecule has 32 heavy (non-hydrogen) atoms. The lowest BCUT2D eigenvalue weighted by Crippen LogP contribution is -2.27. The number of pyridine rings is 1. The molecule has 164 valence electrons. The Morgan fingerprint density at radius 2 is 2.06 bits per heavy atom. The number of nitrogens with zero attached hydrogens (tertiary/aromatic N) is 2. The van der Waals surface area contributed by atoms with Gasteiger partial charge < -0.3 is 15.6 Å². The molecular formula is C24H24FN5O2. The van der Waals surface area contributed by atoms with Crippen LogP contribution in [-0.2, 0) is 13.1 Å². The zero-order chi connectivity index (χ0) is 22.1. The third kappa shape index (κ3) is 4.13. The first-order valence-electron chi connectivity index (χ1n) is 10.8. The number of fused-ring (bicyclic) bond motifs is 2. The number of carbonyl (C=O) groups excluding carboxylic acids is 1. The van der Waals surface area contributed by atoms with Crippen LogP contribution in [-0.4, -0.2) is 26.8 Å². The number of benzene rings is 1. The van der Waals surface area contributed by atoms with Gasteiger partial charge in [-0.1, -0.05) is 12.5 Å². The van der Waals surface area contributed by atoms with Gasteiger partial charge in [0.2, 0.25) is 0 Å². The predicted octanol–water partition coefficient (Wildman–Crippen LogP) is 3.13. The summed E-state index contributed by atoms with van der Waals surface area (Å²) in [6, 6.07) is 11.4. The van der Waals surface area contributed by atoms with Gasteiger partial charge in [-0.25, -0.2) is 9.37 Å². The Morgan fingerprint density at radius 3 is 2.88 bits per heavy atom. The lowest BCUT2D eigenvalue weighted by atomic mass is 9.85. The lowest BCUT2D eigenvalue weighted by Gasteiger charge is -2.25. The Hall–Kier alpha value is -3.52. The maximum Gasteiger partial charge on any atom is 0.270 e. The van der Waals surface area contributed by atoms with Crippen LogP contribution in [0.2, 0.25) is 0 Å². The summed E-state index contributed by atoms with van der Waals surface area (Å²) in [7, 11) is 0. The molecule has 0 bridgehead atoms. The minimum Gasteiger partial charge on any atom is -0.357 e. The summed E-state index contributed by atoms with van der Waals surface area (Å²) in [6.07, 6.45) is 5.50. The van der Waals surface area contributed by atoms with Crippen LogP contribution < -0.4 is 16.2 Å². The topological polar surface area (TPSA) is 91.3 Å². The van der Waals surface area contributed by atoms with Crippen molar-refractivity contribution in [2.45, 2.75) is 32.4 Å². The molecule has 3 aromatic heterocycles. The van der Waals surface area contributed by atoms with Crippen molar-refractivity contribution in [3.8, 4) is 0 Å². The van der Waals surface area contributed by atoms with Crippen molar-refractivity contribution >= 4 is 22.5 Å². The Labute approximate surface area is 183 Å². The first-order valence-corrected chi connectivity index (χ1v) is 10.8. The highest BCUT2D eigenvalue weighted by molar-refractivity contribution is 5.92. The van der Waals surface area contributed by atoms with Crippen LogP contribution in [0, 0.1) is 11.7 Å². The molecule has 0 aliphatic heterocycles. The number of amides is 1. The van der Waals surface area contributed by atoms with E-state index in [1.54, 1.807) is 30.5 Å². The quantitative estimate of drug-likeness (QED) is 0.418. The second kappa shape index (κ2) is 8.55. The van der Waals surface area contributed by atoms with E-state index in [1.807, 2.05) is 6.07 Å². The van der Waals surface area contributed by atoms with E-state index in [9.17, 15) is 14.0 Å². The van der Waals surface area contributed by atoms with Crippen LogP contribution in [0.4, 0.5) is 4.39 Å². The van der Waals surface area contributed by atoms with Gasteiger partial charge >= 0.3 is 0 Å². The number of rotatable bonds is 7. The highest BCUT2D eigenvalue weighted by Crippen LogP contribution is 2.25. The fraction of sp³-hybridized carbons (Fsp3) is 0.292. The minimum absolute atomic E-state index is 0.00221. The Morgan fingerprint density at radius 1 is 1.19 bits per heavy atom.